The molecule has 4 N–H and O–H groups in total. The minimum absolute atomic E-state index is 0. The summed E-state index contributed by atoms with van der Waals surface area (Å²) >= 11 is 0. The van der Waals surface area contributed by atoms with Gasteiger partial charge in [0, 0.05) is 208 Å². The van der Waals surface area contributed by atoms with E-state index in [1.807, 2.05) is 241 Å². The minimum Gasteiger partial charge on any atom is -0.507 e. The minimum atomic E-state index is 0. The molecule has 0 saturated heterocycles. The Labute approximate surface area is 869 Å². The van der Waals surface area contributed by atoms with Gasteiger partial charge in [0.15, 0.2) is 0 Å². The number of fused-ring (bicyclic) bond motifs is 4. The molecule has 0 atom stereocenters. The molecule has 20 nitrogen and oxygen atoms in total. The van der Waals surface area contributed by atoms with E-state index in [0.717, 1.165) is 168 Å². The Hall–Kier alpha value is -14.8. The molecule has 0 saturated carbocycles. The molecule has 0 aliphatic rings. The number of phenolic OH excluding ortho intramolecular Hbond substituents is 4. The number of para-hydroxylation sites is 4. The SMILES string of the molecule is CC(C)Cc1cc(-c2ccccn2)[c-]c(-c2nccc3c2nc(-c2ccccc2O)n3C)c1.CC(C)c1cc(-c2ccccn2)[c-]c(-c2nccc3c2nc(-c2ccccc2O)n3C)c1.Cc1cnc(-c2[c-]c(-c3nccc4c3nc(-c3ccccc3O)n4C)ccc2)cc1-c1ccccc1.Cn1c(-c2ccccc2O)nc2c(-c3[c-]c(-c4ccccn4)cc(-c4ccccc4)c3)nccc21.[Pt].[Pt].[Pt].[Pt]. The molecule has 0 bridgehead atoms. The molecule has 12 heterocycles. The molecule has 12 aromatic heterocycles. The van der Waals surface area contributed by atoms with E-state index in [1.54, 1.807) is 85.8 Å². The first-order valence-corrected chi connectivity index (χ1v) is 44.8. The van der Waals surface area contributed by atoms with E-state index in [4.69, 9.17) is 39.9 Å². The molecule has 0 spiro atoms. The van der Waals surface area contributed by atoms with Crippen molar-refractivity contribution in [2.45, 2.75) is 47.0 Å². The van der Waals surface area contributed by atoms with Crippen LogP contribution in [0.25, 0.3) is 202 Å². The van der Waals surface area contributed by atoms with Gasteiger partial charge in [-0.15, -0.1) is 90.0 Å². The van der Waals surface area contributed by atoms with Gasteiger partial charge in [-0.2, -0.15) is 0 Å². The maximum absolute atomic E-state index is 10.4. The third-order valence-corrected chi connectivity index (χ3v) is 24.0. The Morgan fingerprint density at radius 3 is 0.979 bits per heavy atom. The number of rotatable bonds is 17. The van der Waals surface area contributed by atoms with Crippen molar-refractivity contribution >= 4 is 44.1 Å². The zero-order chi connectivity index (χ0) is 93.6. The van der Waals surface area contributed by atoms with E-state index in [0.29, 0.717) is 57.4 Å². The van der Waals surface area contributed by atoms with Crippen molar-refractivity contribution in [2.75, 3.05) is 0 Å². The Bertz CT molecular complexity index is 8110. The van der Waals surface area contributed by atoms with Crippen molar-refractivity contribution in [1.29, 1.82) is 0 Å². The van der Waals surface area contributed by atoms with Crippen LogP contribution < -0.4 is 0 Å². The number of aromatic nitrogens is 16. The normalized spacial score (nSPS) is 10.9. The second kappa shape index (κ2) is 44.4. The zero-order valence-electron chi connectivity index (χ0n) is 77.5. The fourth-order valence-corrected chi connectivity index (χ4v) is 17.1. The summed E-state index contributed by atoms with van der Waals surface area (Å²) in [4.78, 5) is 56.7. The predicted molar refractivity (Wildman–Crippen MR) is 541 cm³/mol. The molecule has 22 rings (SSSR count). The number of benzene rings is 10. The first-order chi connectivity index (χ1) is 66.3. The number of hydrogen-bond acceptors (Lipinski definition) is 16. The molecule has 0 aliphatic heterocycles. The van der Waals surface area contributed by atoms with Gasteiger partial charge in [-0.25, -0.2) is 19.9 Å². The molecule has 0 unspecified atom stereocenters. The summed E-state index contributed by atoms with van der Waals surface area (Å²) in [6, 6.07) is 110. The van der Waals surface area contributed by atoms with Crippen LogP contribution in [-0.4, -0.2) is 98.5 Å². The van der Waals surface area contributed by atoms with Gasteiger partial charge in [0.1, 0.15) is 46.3 Å². The van der Waals surface area contributed by atoms with Crippen LogP contribution in [-0.2, 0) is 119 Å². The average molecular weight is 2550 g/mol. The van der Waals surface area contributed by atoms with Crippen molar-refractivity contribution in [1.82, 2.24) is 78.1 Å². The molecule has 10 aromatic carbocycles. The Balaban J connectivity index is 0.000000140. The van der Waals surface area contributed by atoms with Gasteiger partial charge >= 0.3 is 0 Å². The molecular formula is C116H92N16O4Pt4-4. The van der Waals surface area contributed by atoms with Crippen LogP contribution in [0.4, 0.5) is 0 Å². The summed E-state index contributed by atoms with van der Waals surface area (Å²) < 4.78 is 7.94. The van der Waals surface area contributed by atoms with Crippen LogP contribution in [0.1, 0.15) is 50.3 Å². The Morgan fingerprint density at radius 1 is 0.271 bits per heavy atom. The molecular weight excluding hydrogens is 2460 g/mol. The van der Waals surface area contributed by atoms with Crippen LogP contribution in [0.15, 0.2) is 347 Å². The summed E-state index contributed by atoms with van der Waals surface area (Å²) in [5.74, 6) is 4.39. The summed E-state index contributed by atoms with van der Waals surface area (Å²) in [6.07, 6.45) is 15.4. The quantitative estimate of drug-likeness (QED) is 0.0618. The van der Waals surface area contributed by atoms with Crippen molar-refractivity contribution in [3.05, 3.63) is 388 Å². The van der Waals surface area contributed by atoms with E-state index >= 15 is 0 Å². The second-order valence-electron chi connectivity index (χ2n) is 33.9. The van der Waals surface area contributed by atoms with Crippen molar-refractivity contribution in [3.8, 4) is 181 Å². The second-order valence-corrected chi connectivity index (χ2v) is 33.9. The standard InChI is InChI=1S/C31H23N4O.C30H21N4O.C28H25N4O.C27H23N4O.4Pt/c1-20-19-33-26(18-25(20)21-9-4-3-5-10-21)22-11-8-12-23(17-22)29-30-27(15-16-32-29)35(2)31(34-30)24-13-6-7-14-28(24)36;1-34-26-14-16-32-28(29(26)33-30(34)24-11-5-6-13-27(24)35)23-18-21(20-9-3-2-4-10-20)17-22(19-23)25-12-7-8-15-31-25;1-18(2)14-19-15-20(23-9-6-7-12-29-23)17-21(16-19)26-27-24(11-13-30-26)32(3)28(31-27)22-8-4-5-10-25(22)33;1-17(2)18-14-19(22-9-6-7-12-28-22)16-20(15-18)25-26-23(11-13-29-25)31(3)27(30-26)21-8-4-5-10-24(21)32;;;;/h3-16,18-19,36H,1-2H3;2-18,35H,1H3;4-13,15-16,18,33H,14H2,1-3H3;4-15,17,32H,1-3H3;;;;/q4*-1;;;;. The smallest absolute Gasteiger partial charge is 0.143 e. The van der Waals surface area contributed by atoms with Crippen LogP contribution in [0.2, 0.25) is 0 Å². The van der Waals surface area contributed by atoms with Gasteiger partial charge in [0.05, 0.1) is 66.4 Å². The summed E-state index contributed by atoms with van der Waals surface area (Å²) in [5, 5.41) is 41.6. The predicted octanol–water partition coefficient (Wildman–Crippen LogP) is 25.4. The molecule has 0 aliphatic carbocycles. The molecule has 22 aromatic rings. The maximum atomic E-state index is 10.4. The van der Waals surface area contributed by atoms with Gasteiger partial charge in [0.2, 0.25) is 0 Å². The number of hydrogen-bond donors (Lipinski definition) is 4. The van der Waals surface area contributed by atoms with Crippen molar-refractivity contribution < 1.29 is 105 Å². The van der Waals surface area contributed by atoms with Gasteiger partial charge in [0.25, 0.3) is 0 Å². The maximum Gasteiger partial charge on any atom is 0.143 e. The van der Waals surface area contributed by atoms with Crippen molar-refractivity contribution in [2.24, 2.45) is 34.1 Å². The van der Waals surface area contributed by atoms with E-state index in [2.05, 4.69) is 146 Å². The number of imidazole rings is 4. The van der Waals surface area contributed by atoms with Gasteiger partial charge in [-0.05, 0) is 138 Å². The average Bonchev–Trinajstić information content (AvgIpc) is 1.62. The van der Waals surface area contributed by atoms with Gasteiger partial charge in [-0.3, -0.25) is 39.9 Å². The van der Waals surface area contributed by atoms with Gasteiger partial charge in [-0.1, -0.05) is 229 Å². The van der Waals surface area contributed by atoms with Gasteiger partial charge < -0.3 is 38.7 Å². The summed E-state index contributed by atoms with van der Waals surface area (Å²) in [5.41, 5.74) is 31.1. The monoisotopic (exact) mass is 2550 g/mol. The molecule has 0 radical (unpaired) electrons. The molecule has 704 valence electrons. The van der Waals surface area contributed by atoms with Crippen molar-refractivity contribution in [3.63, 3.8) is 0 Å². The Morgan fingerprint density at radius 2 is 0.593 bits per heavy atom. The van der Waals surface area contributed by atoms with Crippen LogP contribution in [0, 0.1) is 37.1 Å². The van der Waals surface area contributed by atoms with E-state index in [1.165, 1.54) is 11.1 Å². The largest absolute Gasteiger partial charge is 0.507 e. The third kappa shape index (κ3) is 21.0. The number of nitrogens with zero attached hydrogens (tertiary/aromatic N) is 16. The summed E-state index contributed by atoms with van der Waals surface area (Å²) in [6.45, 7) is 10.9. The fourth-order valence-electron chi connectivity index (χ4n) is 17.1. The molecule has 24 heteroatoms. The van der Waals surface area contributed by atoms with E-state index < -0.39 is 0 Å². The molecule has 0 amide bonds. The fraction of sp³-hybridized carbons (Fsp3) is 0.103. The summed E-state index contributed by atoms with van der Waals surface area (Å²) in [7, 11) is 7.81. The van der Waals surface area contributed by atoms with E-state index in [9.17, 15) is 20.4 Å². The van der Waals surface area contributed by atoms with Crippen LogP contribution in [0.5, 0.6) is 23.0 Å². The first kappa shape index (κ1) is 99.7. The third-order valence-electron chi connectivity index (χ3n) is 24.0. The first-order valence-electron chi connectivity index (χ1n) is 44.8. The van der Waals surface area contributed by atoms with Crippen LogP contribution >= 0.6 is 0 Å². The van der Waals surface area contributed by atoms with E-state index in [-0.39, 0.29) is 107 Å². The number of pyridine rings is 8. The zero-order valence-corrected chi connectivity index (χ0v) is 86.6. The molecule has 0 fully saturated rings. The number of aromatic hydroxyl groups is 4. The topological polar surface area (TPSA) is 255 Å². The van der Waals surface area contributed by atoms with Crippen LogP contribution in [0.3, 0.4) is 0 Å². The molecule has 140 heavy (non-hydrogen) atoms. The number of aryl methyl sites for hydroxylation is 5. The number of phenols is 4. The Kier molecular flexibility index (Phi) is 31.6.